The topological polar surface area (TPSA) is 58.6 Å². The molecule has 0 aliphatic heterocycles. The molecule has 1 aromatic carbocycles. The number of carbonyl (C=O) groups excluding carboxylic acids is 2. The van der Waals surface area contributed by atoms with Crippen LogP contribution in [0, 0.1) is 0 Å². The van der Waals surface area contributed by atoms with E-state index in [9.17, 15) is 9.59 Å². The van der Waals surface area contributed by atoms with Crippen molar-refractivity contribution in [3.8, 4) is 5.75 Å². The second-order valence-electron chi connectivity index (χ2n) is 5.85. The Bertz CT molecular complexity index is 577. The minimum atomic E-state index is -0.200. The Kier molecular flexibility index (Phi) is 6.20. The van der Waals surface area contributed by atoms with Gasteiger partial charge >= 0.3 is 0 Å². The molecule has 5 heteroatoms. The third kappa shape index (κ3) is 5.43. The molecule has 0 atom stereocenters. The van der Waals surface area contributed by atoms with Gasteiger partial charge in [-0.25, -0.2) is 0 Å². The Balaban J connectivity index is 1.83. The molecule has 0 unspecified atom stereocenters. The van der Waals surface area contributed by atoms with Crippen LogP contribution in [0.4, 0.5) is 0 Å². The maximum absolute atomic E-state index is 12.1. The molecule has 124 valence electrons. The molecule has 1 aliphatic carbocycles. The van der Waals surface area contributed by atoms with Crippen molar-refractivity contribution in [2.24, 2.45) is 0 Å². The van der Waals surface area contributed by atoms with Gasteiger partial charge in [0, 0.05) is 19.2 Å². The number of carbonyl (C=O) groups is 2. The van der Waals surface area contributed by atoms with Crippen molar-refractivity contribution >= 4 is 17.9 Å². The summed E-state index contributed by atoms with van der Waals surface area (Å²) in [6.07, 6.45) is 7.61. The highest BCUT2D eigenvalue weighted by Gasteiger charge is 2.18. The van der Waals surface area contributed by atoms with Crippen LogP contribution >= 0.6 is 0 Å². The normalized spacial score (nSPS) is 14.9. The highest BCUT2D eigenvalue weighted by atomic mass is 16.5. The quantitative estimate of drug-likeness (QED) is 0.819. The fraction of sp³-hybridized carbons (Fsp3) is 0.444. The van der Waals surface area contributed by atoms with Gasteiger partial charge in [0.1, 0.15) is 5.75 Å². The number of benzene rings is 1. The number of hydrogen-bond acceptors (Lipinski definition) is 3. The molecule has 1 saturated carbocycles. The molecule has 2 rings (SSSR count). The number of hydrogen-bond donors (Lipinski definition) is 1. The lowest BCUT2D eigenvalue weighted by Gasteiger charge is -2.17. The number of ether oxygens (including phenoxy) is 1. The van der Waals surface area contributed by atoms with Crippen LogP contribution in [0.5, 0.6) is 5.75 Å². The number of amides is 2. The molecule has 1 fully saturated rings. The van der Waals surface area contributed by atoms with E-state index in [1.807, 2.05) is 24.3 Å². The molecular weight excluding hydrogens is 292 g/mol. The SMILES string of the molecule is COc1cccc(/C=C/C(=O)N(C)CC(=O)NC2CCCC2)c1. The van der Waals surface area contributed by atoms with E-state index in [1.165, 1.54) is 23.8 Å². The summed E-state index contributed by atoms with van der Waals surface area (Å²) in [7, 11) is 3.23. The maximum Gasteiger partial charge on any atom is 0.246 e. The predicted molar refractivity (Wildman–Crippen MR) is 90.1 cm³/mol. The molecule has 23 heavy (non-hydrogen) atoms. The van der Waals surface area contributed by atoms with Gasteiger partial charge in [-0.3, -0.25) is 9.59 Å². The zero-order valence-corrected chi connectivity index (χ0v) is 13.7. The zero-order valence-electron chi connectivity index (χ0n) is 13.7. The molecular formula is C18H24N2O3. The lowest BCUT2D eigenvalue weighted by atomic mass is 10.2. The van der Waals surface area contributed by atoms with E-state index >= 15 is 0 Å². The third-order valence-electron chi connectivity index (χ3n) is 3.99. The fourth-order valence-corrected chi connectivity index (χ4v) is 2.68. The molecule has 0 radical (unpaired) electrons. The number of nitrogens with zero attached hydrogens (tertiary/aromatic N) is 1. The third-order valence-corrected chi connectivity index (χ3v) is 3.99. The standard InChI is InChI=1S/C18H24N2O3/c1-20(13-17(21)19-15-7-3-4-8-15)18(22)11-10-14-6-5-9-16(12-14)23-2/h5-6,9-12,15H,3-4,7-8,13H2,1-2H3,(H,19,21)/b11-10+. The van der Waals surface area contributed by atoms with Crippen LogP contribution in [-0.2, 0) is 9.59 Å². The Morgan fingerprint density at radius 2 is 2.09 bits per heavy atom. The van der Waals surface area contributed by atoms with Gasteiger partial charge in [-0.15, -0.1) is 0 Å². The predicted octanol–water partition coefficient (Wildman–Crippen LogP) is 2.23. The molecule has 0 bridgehead atoms. The van der Waals surface area contributed by atoms with Crippen molar-refractivity contribution in [2.75, 3.05) is 20.7 Å². The van der Waals surface area contributed by atoms with Gasteiger partial charge in [0.05, 0.1) is 13.7 Å². The first-order chi connectivity index (χ1) is 11.1. The monoisotopic (exact) mass is 316 g/mol. The van der Waals surface area contributed by atoms with Gasteiger partial charge in [0.2, 0.25) is 11.8 Å². The molecule has 1 aromatic rings. The van der Waals surface area contributed by atoms with Gasteiger partial charge in [-0.2, -0.15) is 0 Å². The summed E-state index contributed by atoms with van der Waals surface area (Å²) in [6, 6.07) is 7.72. The van der Waals surface area contributed by atoms with Crippen LogP contribution in [0.25, 0.3) is 6.08 Å². The lowest BCUT2D eigenvalue weighted by Crippen LogP contribution is -2.41. The summed E-state index contributed by atoms with van der Waals surface area (Å²) in [5.74, 6) is 0.445. The number of rotatable bonds is 6. The number of nitrogens with one attached hydrogen (secondary N) is 1. The highest BCUT2D eigenvalue weighted by molar-refractivity contribution is 5.94. The van der Waals surface area contributed by atoms with E-state index in [0.717, 1.165) is 24.2 Å². The highest BCUT2D eigenvalue weighted by Crippen LogP contribution is 2.17. The van der Waals surface area contributed by atoms with E-state index < -0.39 is 0 Å². The van der Waals surface area contributed by atoms with Crippen LogP contribution in [0.2, 0.25) is 0 Å². The molecule has 0 saturated heterocycles. The van der Waals surface area contributed by atoms with Crippen molar-refractivity contribution in [3.05, 3.63) is 35.9 Å². The van der Waals surface area contributed by atoms with Crippen molar-refractivity contribution in [2.45, 2.75) is 31.7 Å². The van der Waals surface area contributed by atoms with Crippen LogP contribution in [0.15, 0.2) is 30.3 Å². The van der Waals surface area contributed by atoms with E-state index in [0.29, 0.717) is 0 Å². The second kappa shape index (κ2) is 8.36. The summed E-state index contributed by atoms with van der Waals surface area (Å²) >= 11 is 0. The minimum absolute atomic E-state index is 0.0811. The van der Waals surface area contributed by atoms with Crippen LogP contribution in [0.1, 0.15) is 31.2 Å². The summed E-state index contributed by atoms with van der Waals surface area (Å²) < 4.78 is 5.14. The van der Waals surface area contributed by atoms with Gasteiger partial charge in [-0.1, -0.05) is 25.0 Å². The average molecular weight is 316 g/mol. The Morgan fingerprint density at radius 3 is 2.78 bits per heavy atom. The van der Waals surface area contributed by atoms with Crippen LogP contribution in [-0.4, -0.2) is 43.5 Å². The van der Waals surface area contributed by atoms with Gasteiger partial charge in [-0.05, 0) is 36.6 Å². The number of methoxy groups -OCH3 is 1. The van der Waals surface area contributed by atoms with Gasteiger partial charge in [0.15, 0.2) is 0 Å². The first-order valence-corrected chi connectivity index (χ1v) is 7.95. The van der Waals surface area contributed by atoms with E-state index in [1.54, 1.807) is 20.2 Å². The zero-order chi connectivity index (χ0) is 16.7. The Hall–Kier alpha value is -2.30. The summed E-state index contributed by atoms with van der Waals surface area (Å²) in [5.41, 5.74) is 0.876. The molecule has 0 aromatic heterocycles. The average Bonchev–Trinajstić information content (AvgIpc) is 3.05. The lowest BCUT2D eigenvalue weighted by molar-refractivity contribution is -0.131. The van der Waals surface area contributed by atoms with E-state index in [4.69, 9.17) is 4.74 Å². The largest absolute Gasteiger partial charge is 0.497 e. The second-order valence-corrected chi connectivity index (χ2v) is 5.85. The maximum atomic E-state index is 12.1. The fourth-order valence-electron chi connectivity index (χ4n) is 2.68. The van der Waals surface area contributed by atoms with Gasteiger partial charge in [0.25, 0.3) is 0 Å². The summed E-state index contributed by atoms with van der Waals surface area (Å²) in [4.78, 5) is 25.4. The van der Waals surface area contributed by atoms with Crippen molar-refractivity contribution < 1.29 is 14.3 Å². The molecule has 5 nitrogen and oxygen atoms in total. The van der Waals surface area contributed by atoms with Crippen molar-refractivity contribution in [3.63, 3.8) is 0 Å². The van der Waals surface area contributed by atoms with Crippen molar-refractivity contribution in [1.82, 2.24) is 10.2 Å². The first-order valence-electron chi connectivity index (χ1n) is 7.95. The first kappa shape index (κ1) is 17.1. The van der Waals surface area contributed by atoms with E-state index in [2.05, 4.69) is 5.32 Å². The van der Waals surface area contributed by atoms with Crippen molar-refractivity contribution in [1.29, 1.82) is 0 Å². The smallest absolute Gasteiger partial charge is 0.246 e. The molecule has 0 spiro atoms. The van der Waals surface area contributed by atoms with Crippen LogP contribution in [0.3, 0.4) is 0 Å². The Labute approximate surface area is 137 Å². The van der Waals surface area contributed by atoms with Crippen LogP contribution < -0.4 is 10.1 Å². The number of likely N-dealkylation sites (N-methyl/N-ethyl adjacent to an activating group) is 1. The summed E-state index contributed by atoms with van der Waals surface area (Å²) in [6.45, 7) is 0.0811. The van der Waals surface area contributed by atoms with Gasteiger partial charge < -0.3 is 15.0 Å². The Morgan fingerprint density at radius 1 is 1.35 bits per heavy atom. The molecule has 0 heterocycles. The molecule has 1 N–H and O–H groups in total. The summed E-state index contributed by atoms with van der Waals surface area (Å²) in [5, 5.41) is 2.98. The van der Waals surface area contributed by atoms with E-state index in [-0.39, 0.29) is 24.4 Å². The minimum Gasteiger partial charge on any atom is -0.497 e. The molecule has 2 amide bonds. The molecule has 1 aliphatic rings.